The van der Waals surface area contributed by atoms with Crippen LogP contribution < -0.4 is 15.8 Å². The van der Waals surface area contributed by atoms with Crippen LogP contribution in [0.3, 0.4) is 0 Å². The largest absolute Gasteiger partial charge is 0.490 e. The average molecular weight is 484 g/mol. The maximum Gasteiger partial charge on any atom is 0.259 e. The lowest BCUT2D eigenvalue weighted by Gasteiger charge is -2.28. The summed E-state index contributed by atoms with van der Waals surface area (Å²) in [5, 5.41) is 7.60. The fourth-order valence-electron chi connectivity index (χ4n) is 4.08. The summed E-state index contributed by atoms with van der Waals surface area (Å²) < 4.78 is 38.8. The van der Waals surface area contributed by atoms with Crippen molar-refractivity contribution >= 4 is 32.9 Å². The van der Waals surface area contributed by atoms with Gasteiger partial charge in [0.1, 0.15) is 18.2 Å². The van der Waals surface area contributed by atoms with Crippen molar-refractivity contribution in [2.75, 3.05) is 6.61 Å². The molecule has 1 saturated carbocycles. The van der Waals surface area contributed by atoms with Crippen LogP contribution in [0.5, 0.6) is 5.75 Å². The number of rotatable bonds is 6. The van der Waals surface area contributed by atoms with Crippen LogP contribution in [-0.2, 0) is 15.8 Å². The van der Waals surface area contributed by atoms with Gasteiger partial charge in [0.05, 0.1) is 33.5 Å². The van der Waals surface area contributed by atoms with E-state index in [1.54, 1.807) is 25.1 Å². The van der Waals surface area contributed by atoms with Gasteiger partial charge in [-0.25, -0.2) is 13.4 Å². The minimum absolute atomic E-state index is 0.103. The normalized spacial score (nSPS) is 17.2. The predicted molar refractivity (Wildman–Crippen MR) is 125 cm³/mol. The van der Waals surface area contributed by atoms with E-state index in [0.717, 1.165) is 18.5 Å². The maximum atomic E-state index is 13.3. The molecule has 0 bridgehead atoms. The Kier molecular flexibility index (Phi) is 5.12. The Morgan fingerprint density at radius 1 is 1.32 bits per heavy atom. The maximum absolute atomic E-state index is 13.3. The van der Waals surface area contributed by atoms with E-state index in [0.29, 0.717) is 45.2 Å². The Bertz CT molecular complexity index is 1450. The molecule has 1 fully saturated rings. The monoisotopic (exact) mass is 483 g/mol. The van der Waals surface area contributed by atoms with Crippen LogP contribution in [0.2, 0.25) is 0 Å². The molecule has 11 heteroatoms. The van der Waals surface area contributed by atoms with Crippen LogP contribution in [0.25, 0.3) is 11.1 Å². The number of sulfonamides is 1. The van der Waals surface area contributed by atoms with Gasteiger partial charge in [-0.2, -0.15) is 0 Å². The first-order valence-corrected chi connectivity index (χ1v) is 12.6. The summed E-state index contributed by atoms with van der Waals surface area (Å²) in [4.78, 5) is 17.8. The molecule has 178 valence electrons. The third-order valence-electron chi connectivity index (χ3n) is 5.86. The highest BCUT2D eigenvalue weighted by Crippen LogP contribution is 2.40. The molecule has 10 nitrogen and oxygen atoms in total. The van der Waals surface area contributed by atoms with Crippen LogP contribution in [0.4, 0.5) is 0 Å². The standard InChI is InChI=1S/C23H25N5O5S/c1-12-18-15(9-16(13-7-8-13)25-22(18)33-27-12)21(29)26-23(2,3)11-32-17-6-4-5-14-10-34(30,31)28-20(24)19(14)17/h4-6,9,13H,7-8,10-11H2,1-3H3,(H2,24,28)(H,26,29). The zero-order valence-corrected chi connectivity index (χ0v) is 19.9. The fourth-order valence-corrected chi connectivity index (χ4v) is 5.17. The van der Waals surface area contributed by atoms with Gasteiger partial charge in [0.2, 0.25) is 0 Å². The highest BCUT2D eigenvalue weighted by atomic mass is 32.2. The van der Waals surface area contributed by atoms with Gasteiger partial charge in [-0.15, -0.1) is 4.40 Å². The Hall–Kier alpha value is -3.47. The predicted octanol–water partition coefficient (Wildman–Crippen LogP) is 2.54. The van der Waals surface area contributed by atoms with Gasteiger partial charge in [-0.05, 0) is 51.3 Å². The molecule has 0 unspecified atom stereocenters. The quantitative estimate of drug-likeness (QED) is 0.543. The van der Waals surface area contributed by atoms with E-state index in [-0.39, 0.29) is 24.1 Å². The lowest BCUT2D eigenvalue weighted by Crippen LogP contribution is -2.48. The van der Waals surface area contributed by atoms with Crippen molar-refractivity contribution in [3.8, 4) is 5.75 Å². The van der Waals surface area contributed by atoms with Crippen LogP contribution in [0.15, 0.2) is 33.2 Å². The summed E-state index contributed by atoms with van der Waals surface area (Å²) in [5.41, 5.74) is 8.41. The van der Waals surface area contributed by atoms with Gasteiger partial charge >= 0.3 is 0 Å². The van der Waals surface area contributed by atoms with E-state index in [1.165, 1.54) is 0 Å². The zero-order valence-electron chi connectivity index (χ0n) is 19.1. The van der Waals surface area contributed by atoms with Crippen molar-refractivity contribution in [3.63, 3.8) is 0 Å². The van der Waals surface area contributed by atoms with Gasteiger partial charge in [0.15, 0.2) is 0 Å². The summed E-state index contributed by atoms with van der Waals surface area (Å²) >= 11 is 0. The number of amidine groups is 1. The number of hydrogen-bond donors (Lipinski definition) is 2. The number of pyridine rings is 1. The van der Waals surface area contributed by atoms with Crippen molar-refractivity contribution in [2.45, 2.75) is 50.8 Å². The van der Waals surface area contributed by atoms with Crippen LogP contribution >= 0.6 is 0 Å². The minimum Gasteiger partial charge on any atom is -0.490 e. The highest BCUT2D eigenvalue weighted by Gasteiger charge is 2.31. The van der Waals surface area contributed by atoms with E-state index < -0.39 is 15.6 Å². The van der Waals surface area contributed by atoms with Crippen LogP contribution in [0.1, 0.15) is 65.5 Å². The number of hydrogen-bond acceptors (Lipinski definition) is 8. The van der Waals surface area contributed by atoms with E-state index in [1.807, 2.05) is 19.9 Å². The number of ether oxygens (including phenoxy) is 1. The van der Waals surface area contributed by atoms with E-state index >= 15 is 0 Å². The molecule has 1 aromatic carbocycles. The lowest BCUT2D eigenvalue weighted by molar-refractivity contribution is 0.0882. The van der Waals surface area contributed by atoms with Gasteiger partial charge < -0.3 is 20.3 Å². The van der Waals surface area contributed by atoms with Crippen molar-refractivity contribution in [2.24, 2.45) is 10.1 Å². The number of aromatic nitrogens is 2. The van der Waals surface area contributed by atoms with Gasteiger partial charge in [0, 0.05) is 11.6 Å². The summed E-state index contributed by atoms with van der Waals surface area (Å²) in [6.45, 7) is 5.56. The van der Waals surface area contributed by atoms with Crippen LogP contribution in [0, 0.1) is 6.92 Å². The smallest absolute Gasteiger partial charge is 0.259 e. The first-order valence-electron chi connectivity index (χ1n) is 11.0. The molecule has 2 aliphatic rings. The van der Waals surface area contributed by atoms with Crippen molar-refractivity contribution in [1.82, 2.24) is 15.5 Å². The first-order chi connectivity index (χ1) is 16.0. The van der Waals surface area contributed by atoms with Crippen molar-refractivity contribution in [1.29, 1.82) is 0 Å². The number of carbonyl (C=O) groups excluding carboxylic acids is 1. The van der Waals surface area contributed by atoms with E-state index in [2.05, 4.69) is 19.9 Å². The molecule has 3 N–H and O–H groups in total. The molecular formula is C23H25N5O5S. The number of amides is 1. The second kappa shape index (κ2) is 7.79. The van der Waals surface area contributed by atoms with Gasteiger partial charge in [-0.3, -0.25) is 4.79 Å². The minimum atomic E-state index is -3.64. The molecule has 0 spiro atoms. The van der Waals surface area contributed by atoms with E-state index in [9.17, 15) is 13.2 Å². The third-order valence-corrected chi connectivity index (χ3v) is 7.01. The van der Waals surface area contributed by atoms with Gasteiger partial charge in [-0.1, -0.05) is 17.3 Å². The topological polar surface area (TPSA) is 150 Å². The molecule has 3 heterocycles. The molecule has 3 aromatic rings. The number of carbonyl (C=O) groups is 1. The molecule has 0 atom stereocenters. The number of nitrogens with zero attached hydrogens (tertiary/aromatic N) is 3. The number of nitrogens with two attached hydrogens (primary N) is 1. The molecule has 2 aromatic heterocycles. The summed E-state index contributed by atoms with van der Waals surface area (Å²) in [7, 11) is -3.64. The highest BCUT2D eigenvalue weighted by molar-refractivity contribution is 7.89. The molecule has 34 heavy (non-hydrogen) atoms. The Balaban J connectivity index is 1.37. The molecule has 0 radical (unpaired) electrons. The lowest BCUT2D eigenvalue weighted by atomic mass is 10.0. The summed E-state index contributed by atoms with van der Waals surface area (Å²) in [6.07, 6.45) is 2.09. The second-order valence-electron chi connectivity index (χ2n) is 9.44. The number of aryl methyl sites for hydroxylation is 1. The third kappa shape index (κ3) is 4.23. The van der Waals surface area contributed by atoms with Crippen molar-refractivity contribution < 1.29 is 22.5 Å². The molecule has 1 aliphatic heterocycles. The molecule has 1 amide bonds. The molecule has 1 aliphatic carbocycles. The van der Waals surface area contributed by atoms with E-state index in [4.69, 9.17) is 15.0 Å². The molecule has 5 rings (SSSR count). The first kappa shape index (κ1) is 22.3. The van der Waals surface area contributed by atoms with Crippen LogP contribution in [-0.4, -0.2) is 42.4 Å². The Labute approximate surface area is 196 Å². The molecule has 0 saturated heterocycles. The number of fused-ring (bicyclic) bond motifs is 2. The summed E-state index contributed by atoms with van der Waals surface area (Å²) in [6, 6.07) is 6.91. The molecular weight excluding hydrogens is 458 g/mol. The average Bonchev–Trinajstić information content (AvgIpc) is 3.53. The number of nitrogens with one attached hydrogen (secondary N) is 1. The Morgan fingerprint density at radius 3 is 2.82 bits per heavy atom. The van der Waals surface area contributed by atoms with Gasteiger partial charge in [0.25, 0.3) is 21.6 Å². The second-order valence-corrected chi connectivity index (χ2v) is 11.1. The fraction of sp³-hybridized carbons (Fsp3) is 0.391. The SMILES string of the molecule is Cc1noc2nc(C3CC3)cc(C(=O)NC(C)(C)COc3cccc4c3C(N)=NS(=O)(=O)C4)c12. The summed E-state index contributed by atoms with van der Waals surface area (Å²) in [5.74, 6) is 0.135. The zero-order chi connectivity index (χ0) is 24.3. The number of benzene rings is 1. The Morgan fingerprint density at radius 2 is 2.09 bits per heavy atom. The van der Waals surface area contributed by atoms with Crippen molar-refractivity contribution in [3.05, 3.63) is 52.3 Å².